The normalized spacial score (nSPS) is 25.3. The van der Waals surface area contributed by atoms with E-state index in [0.717, 1.165) is 25.7 Å². The number of phenols is 1. The number of carbonyl (C=O) groups is 1. The van der Waals surface area contributed by atoms with E-state index in [2.05, 4.69) is 12.2 Å². The van der Waals surface area contributed by atoms with Crippen LogP contribution in [-0.4, -0.2) is 21.5 Å². The van der Waals surface area contributed by atoms with Gasteiger partial charge in [-0.05, 0) is 49.8 Å². The van der Waals surface area contributed by atoms with Crippen LogP contribution >= 0.6 is 23.8 Å². The molecule has 0 heterocycles. The van der Waals surface area contributed by atoms with Crippen molar-refractivity contribution in [3.8, 4) is 5.75 Å². The van der Waals surface area contributed by atoms with Crippen LogP contribution in [-0.2, 0) is 0 Å². The molecule has 1 aliphatic carbocycles. The number of aromatic hydroxyl groups is 1. The fraction of sp³-hybridized carbons (Fsp3) is 0.467. The maximum atomic E-state index is 12.4. The Bertz CT molecular complexity index is 569. The van der Waals surface area contributed by atoms with Gasteiger partial charge in [0, 0.05) is 5.02 Å². The largest absolute Gasteiger partial charge is 0.507 e. The molecule has 1 fully saturated rings. The average molecular weight is 327 g/mol. The van der Waals surface area contributed by atoms with Crippen LogP contribution in [0.3, 0.4) is 0 Å². The maximum absolute atomic E-state index is 12.4. The molecule has 0 bridgehead atoms. The predicted octanol–water partition coefficient (Wildman–Crippen LogP) is 3.01. The molecular weight excluding hydrogens is 308 g/mol. The Morgan fingerprint density at radius 2 is 2.10 bits per heavy atom. The quantitative estimate of drug-likeness (QED) is 0.746. The molecule has 2 rings (SSSR count). The Labute approximate surface area is 134 Å². The SMILES string of the molecule is CC1CCC(NC(=O)c2ccc(Cl)cc2O)(C(N)=S)CC1. The van der Waals surface area contributed by atoms with E-state index in [1.165, 1.54) is 12.1 Å². The first-order valence-corrected chi connectivity index (χ1v) is 7.73. The molecule has 0 unspecified atom stereocenters. The minimum absolute atomic E-state index is 0.151. The van der Waals surface area contributed by atoms with Crippen molar-refractivity contribution in [2.45, 2.75) is 38.1 Å². The van der Waals surface area contributed by atoms with Gasteiger partial charge in [-0.2, -0.15) is 0 Å². The third-order valence-electron chi connectivity index (χ3n) is 4.16. The van der Waals surface area contributed by atoms with Gasteiger partial charge in [0.2, 0.25) is 0 Å². The molecule has 0 aromatic heterocycles. The standard InChI is InChI=1S/C15H19ClN2O2S/c1-9-4-6-15(7-5-9,14(17)21)18-13(20)11-3-2-10(16)8-12(11)19/h2-3,8-9,19H,4-7H2,1H3,(H2,17,21)(H,18,20). The van der Waals surface area contributed by atoms with E-state index in [1.807, 2.05) is 0 Å². The Balaban J connectivity index is 2.21. The van der Waals surface area contributed by atoms with Gasteiger partial charge in [0.05, 0.1) is 16.1 Å². The van der Waals surface area contributed by atoms with Crippen molar-refractivity contribution in [3.63, 3.8) is 0 Å². The summed E-state index contributed by atoms with van der Waals surface area (Å²) < 4.78 is 0. The number of halogens is 1. The number of carbonyl (C=O) groups excluding carboxylic acids is 1. The van der Waals surface area contributed by atoms with Gasteiger partial charge in [-0.1, -0.05) is 30.7 Å². The van der Waals surface area contributed by atoms with Crippen LogP contribution in [0.2, 0.25) is 5.02 Å². The van der Waals surface area contributed by atoms with Crippen molar-refractivity contribution in [3.05, 3.63) is 28.8 Å². The van der Waals surface area contributed by atoms with Gasteiger partial charge in [-0.25, -0.2) is 0 Å². The molecule has 1 amide bonds. The highest BCUT2D eigenvalue weighted by molar-refractivity contribution is 7.80. The highest BCUT2D eigenvalue weighted by Crippen LogP contribution is 2.33. The fourth-order valence-electron chi connectivity index (χ4n) is 2.67. The molecule has 4 nitrogen and oxygen atoms in total. The molecule has 1 aliphatic rings. The summed E-state index contributed by atoms with van der Waals surface area (Å²) in [6.45, 7) is 2.18. The summed E-state index contributed by atoms with van der Waals surface area (Å²) in [6, 6.07) is 4.39. The second-order valence-corrected chi connectivity index (χ2v) is 6.62. The zero-order valence-electron chi connectivity index (χ0n) is 11.9. The van der Waals surface area contributed by atoms with Crippen LogP contribution in [0, 0.1) is 5.92 Å². The Morgan fingerprint density at radius 1 is 1.48 bits per heavy atom. The number of nitrogens with one attached hydrogen (secondary N) is 1. The highest BCUT2D eigenvalue weighted by Gasteiger charge is 2.38. The zero-order chi connectivity index (χ0) is 15.6. The molecule has 0 atom stereocenters. The summed E-state index contributed by atoms with van der Waals surface area (Å²) >= 11 is 10.9. The molecule has 0 radical (unpaired) electrons. The topological polar surface area (TPSA) is 75.3 Å². The summed E-state index contributed by atoms with van der Waals surface area (Å²) in [7, 11) is 0. The first-order chi connectivity index (χ1) is 9.84. The molecule has 0 spiro atoms. The van der Waals surface area contributed by atoms with Gasteiger partial charge >= 0.3 is 0 Å². The Morgan fingerprint density at radius 3 is 2.62 bits per heavy atom. The van der Waals surface area contributed by atoms with Gasteiger partial charge in [0.25, 0.3) is 5.91 Å². The number of nitrogens with two attached hydrogens (primary N) is 1. The van der Waals surface area contributed by atoms with E-state index in [-0.39, 0.29) is 17.2 Å². The molecular formula is C15H19ClN2O2S. The van der Waals surface area contributed by atoms with E-state index in [1.54, 1.807) is 6.07 Å². The highest BCUT2D eigenvalue weighted by atomic mass is 35.5. The van der Waals surface area contributed by atoms with E-state index in [9.17, 15) is 9.90 Å². The minimum atomic E-state index is -0.662. The minimum Gasteiger partial charge on any atom is -0.507 e. The lowest BCUT2D eigenvalue weighted by Crippen LogP contribution is -2.58. The summed E-state index contributed by atoms with van der Waals surface area (Å²) in [4.78, 5) is 12.7. The van der Waals surface area contributed by atoms with Crippen molar-refractivity contribution >= 4 is 34.7 Å². The van der Waals surface area contributed by atoms with Crippen molar-refractivity contribution in [2.24, 2.45) is 11.7 Å². The third-order valence-corrected chi connectivity index (χ3v) is 4.78. The molecule has 114 valence electrons. The van der Waals surface area contributed by atoms with Crippen molar-refractivity contribution in [1.29, 1.82) is 0 Å². The number of benzene rings is 1. The van der Waals surface area contributed by atoms with Gasteiger partial charge < -0.3 is 16.2 Å². The first kappa shape index (κ1) is 16.0. The van der Waals surface area contributed by atoms with E-state index >= 15 is 0 Å². The molecule has 1 aromatic carbocycles. The average Bonchev–Trinajstić information content (AvgIpc) is 2.41. The Kier molecular flexibility index (Phi) is 4.74. The maximum Gasteiger partial charge on any atom is 0.255 e. The van der Waals surface area contributed by atoms with Gasteiger partial charge in [0.1, 0.15) is 5.75 Å². The Hall–Kier alpha value is -1.33. The van der Waals surface area contributed by atoms with Crippen LogP contribution in [0.15, 0.2) is 18.2 Å². The van der Waals surface area contributed by atoms with Gasteiger partial charge in [0.15, 0.2) is 0 Å². The molecule has 4 N–H and O–H groups in total. The molecule has 0 saturated heterocycles. The summed E-state index contributed by atoms with van der Waals surface area (Å²) in [5, 5.41) is 13.1. The molecule has 0 aliphatic heterocycles. The van der Waals surface area contributed by atoms with E-state index in [4.69, 9.17) is 29.6 Å². The molecule has 1 aromatic rings. The number of phenolic OH excluding ortho intramolecular Hbond substituents is 1. The first-order valence-electron chi connectivity index (χ1n) is 6.95. The molecule has 1 saturated carbocycles. The van der Waals surface area contributed by atoms with E-state index < -0.39 is 5.54 Å². The fourth-order valence-corrected chi connectivity index (χ4v) is 3.09. The lowest BCUT2D eigenvalue weighted by atomic mass is 9.77. The van der Waals surface area contributed by atoms with Crippen LogP contribution in [0.25, 0.3) is 0 Å². The van der Waals surface area contributed by atoms with Crippen LogP contribution < -0.4 is 11.1 Å². The van der Waals surface area contributed by atoms with E-state index in [0.29, 0.717) is 15.9 Å². The monoisotopic (exact) mass is 326 g/mol. The summed E-state index contributed by atoms with van der Waals surface area (Å²) in [6.07, 6.45) is 3.38. The van der Waals surface area contributed by atoms with Crippen molar-refractivity contribution in [2.75, 3.05) is 0 Å². The lowest BCUT2D eigenvalue weighted by Gasteiger charge is -2.39. The smallest absolute Gasteiger partial charge is 0.255 e. The van der Waals surface area contributed by atoms with Crippen molar-refractivity contribution in [1.82, 2.24) is 5.32 Å². The molecule has 21 heavy (non-hydrogen) atoms. The second kappa shape index (κ2) is 6.20. The number of thiocarbonyl (C=S) groups is 1. The van der Waals surface area contributed by atoms with Gasteiger partial charge in [-0.3, -0.25) is 4.79 Å². The number of hydrogen-bond acceptors (Lipinski definition) is 3. The zero-order valence-corrected chi connectivity index (χ0v) is 13.4. The summed E-state index contributed by atoms with van der Waals surface area (Å²) in [5.41, 5.74) is 5.38. The molecule has 6 heteroatoms. The predicted molar refractivity (Wildman–Crippen MR) is 87.7 cm³/mol. The summed E-state index contributed by atoms with van der Waals surface area (Å²) in [5.74, 6) is 0.0714. The van der Waals surface area contributed by atoms with Gasteiger partial charge in [-0.15, -0.1) is 0 Å². The number of hydrogen-bond donors (Lipinski definition) is 3. The second-order valence-electron chi connectivity index (χ2n) is 5.74. The third kappa shape index (κ3) is 3.47. The van der Waals surface area contributed by atoms with Crippen LogP contribution in [0.4, 0.5) is 0 Å². The van der Waals surface area contributed by atoms with Crippen LogP contribution in [0.1, 0.15) is 43.0 Å². The van der Waals surface area contributed by atoms with Crippen LogP contribution in [0.5, 0.6) is 5.75 Å². The lowest BCUT2D eigenvalue weighted by molar-refractivity contribution is 0.0898. The number of amides is 1. The van der Waals surface area contributed by atoms with Crippen molar-refractivity contribution < 1.29 is 9.90 Å². The number of rotatable bonds is 3.